The number of fused-ring (bicyclic) bond motifs is 5. The molecule has 2 fully saturated rings. The average Bonchev–Trinajstić information content (AvgIpc) is 3.07. The molecule has 0 aromatic heterocycles. The first-order valence-corrected chi connectivity index (χ1v) is 15.2. The third-order valence-electron chi connectivity index (χ3n) is 12.0. The van der Waals surface area contributed by atoms with Crippen molar-refractivity contribution in [3.05, 3.63) is 34.9 Å². The van der Waals surface area contributed by atoms with Crippen molar-refractivity contribution in [1.82, 2.24) is 0 Å². The van der Waals surface area contributed by atoms with Gasteiger partial charge in [-0.05, 0) is 91.6 Å². The van der Waals surface area contributed by atoms with Crippen molar-refractivity contribution in [3.63, 3.8) is 0 Å². The first-order valence-electron chi connectivity index (χ1n) is 15.2. The first-order chi connectivity index (χ1) is 18.5. The number of aliphatic carboxylic acids is 1. The predicted molar refractivity (Wildman–Crippen MR) is 155 cm³/mol. The van der Waals surface area contributed by atoms with Gasteiger partial charge in [-0.3, -0.25) is 9.59 Å². The van der Waals surface area contributed by atoms with Crippen LogP contribution in [0.4, 0.5) is 0 Å². The second-order valence-corrected chi connectivity index (χ2v) is 14.4. The molecular formula is C34H50O6. The van der Waals surface area contributed by atoms with Gasteiger partial charge in [0.1, 0.15) is 12.2 Å². The highest BCUT2D eigenvalue weighted by atomic mass is 16.5. The summed E-state index contributed by atoms with van der Waals surface area (Å²) in [5, 5.41) is 9.25. The topological polar surface area (TPSA) is 89.9 Å². The smallest absolute Gasteiger partial charge is 0.330 e. The van der Waals surface area contributed by atoms with Crippen LogP contribution in [-0.2, 0) is 23.9 Å². The third-order valence-corrected chi connectivity index (χ3v) is 12.0. The van der Waals surface area contributed by atoms with Gasteiger partial charge in [0, 0.05) is 30.3 Å². The van der Waals surface area contributed by atoms with Gasteiger partial charge in [0.05, 0.1) is 0 Å². The third kappa shape index (κ3) is 4.67. The molecule has 0 aliphatic heterocycles. The van der Waals surface area contributed by atoms with Crippen LogP contribution in [0.3, 0.4) is 0 Å². The van der Waals surface area contributed by atoms with E-state index in [-0.39, 0.29) is 45.8 Å². The van der Waals surface area contributed by atoms with Gasteiger partial charge in [0.15, 0.2) is 0 Å². The number of esters is 2. The number of carboxylic acids is 1. The summed E-state index contributed by atoms with van der Waals surface area (Å²) in [6.07, 6.45) is 12.5. The van der Waals surface area contributed by atoms with Crippen LogP contribution in [-0.4, -0.2) is 35.2 Å². The van der Waals surface area contributed by atoms with Crippen LogP contribution in [0.15, 0.2) is 34.9 Å². The molecule has 8 atom stereocenters. The van der Waals surface area contributed by atoms with Gasteiger partial charge in [-0.1, -0.05) is 59.8 Å². The summed E-state index contributed by atoms with van der Waals surface area (Å²) in [6, 6.07) is 0. The van der Waals surface area contributed by atoms with Gasteiger partial charge in [-0.25, -0.2) is 4.79 Å². The normalized spacial score (nSPS) is 39.1. The van der Waals surface area contributed by atoms with Gasteiger partial charge < -0.3 is 14.6 Å². The van der Waals surface area contributed by atoms with E-state index in [4.69, 9.17) is 9.47 Å². The van der Waals surface area contributed by atoms with E-state index in [0.717, 1.165) is 44.9 Å². The lowest BCUT2D eigenvalue weighted by molar-refractivity contribution is -0.166. The van der Waals surface area contributed by atoms with E-state index >= 15 is 0 Å². The van der Waals surface area contributed by atoms with Gasteiger partial charge in [-0.15, -0.1) is 0 Å². The second-order valence-electron chi connectivity index (χ2n) is 14.4. The summed E-state index contributed by atoms with van der Waals surface area (Å²) in [6.45, 7) is 18.6. The Morgan fingerprint density at radius 2 is 1.62 bits per heavy atom. The number of hydrogen-bond donors (Lipinski definition) is 1. The molecule has 0 unspecified atom stereocenters. The monoisotopic (exact) mass is 554 g/mol. The molecule has 0 radical (unpaired) electrons. The molecule has 0 heterocycles. The van der Waals surface area contributed by atoms with Crippen molar-refractivity contribution in [2.45, 2.75) is 119 Å². The van der Waals surface area contributed by atoms with E-state index in [1.54, 1.807) is 6.92 Å². The molecule has 4 aliphatic rings. The molecule has 0 aromatic rings. The number of carbonyl (C=O) groups excluding carboxylic acids is 2. The maximum Gasteiger partial charge on any atom is 0.330 e. The van der Waals surface area contributed by atoms with Crippen LogP contribution in [0.25, 0.3) is 0 Å². The summed E-state index contributed by atoms with van der Waals surface area (Å²) in [5.74, 6) is -0.286. The Labute approximate surface area is 240 Å². The van der Waals surface area contributed by atoms with E-state index in [1.165, 1.54) is 25.0 Å². The average molecular weight is 555 g/mol. The fourth-order valence-corrected chi connectivity index (χ4v) is 9.52. The molecule has 0 saturated heterocycles. The fraction of sp³-hybridized carbons (Fsp3) is 0.735. The van der Waals surface area contributed by atoms with Gasteiger partial charge in [-0.2, -0.15) is 0 Å². The van der Waals surface area contributed by atoms with Crippen LogP contribution < -0.4 is 0 Å². The zero-order chi connectivity index (χ0) is 29.8. The van der Waals surface area contributed by atoms with Crippen molar-refractivity contribution in [2.24, 2.45) is 39.4 Å². The van der Waals surface area contributed by atoms with Crippen LogP contribution >= 0.6 is 0 Å². The minimum absolute atomic E-state index is 0.0435. The zero-order valence-electron chi connectivity index (χ0n) is 26.1. The van der Waals surface area contributed by atoms with Crippen LogP contribution in [0.2, 0.25) is 0 Å². The molecule has 6 heteroatoms. The fourth-order valence-electron chi connectivity index (χ4n) is 9.52. The predicted octanol–water partition coefficient (Wildman–Crippen LogP) is 7.43. The molecule has 0 amide bonds. The van der Waals surface area contributed by atoms with Crippen LogP contribution in [0, 0.1) is 39.4 Å². The van der Waals surface area contributed by atoms with Crippen molar-refractivity contribution in [1.29, 1.82) is 0 Å². The lowest BCUT2D eigenvalue weighted by Gasteiger charge is -2.61. The lowest BCUT2D eigenvalue weighted by atomic mass is 9.44. The molecule has 0 aromatic carbocycles. The van der Waals surface area contributed by atoms with Crippen molar-refractivity contribution in [2.75, 3.05) is 0 Å². The van der Waals surface area contributed by atoms with E-state index in [9.17, 15) is 19.5 Å². The summed E-state index contributed by atoms with van der Waals surface area (Å²) in [5.41, 5.74) is 2.53. The minimum atomic E-state index is -0.867. The summed E-state index contributed by atoms with van der Waals surface area (Å²) >= 11 is 0. The SMILES string of the molecule is CC(=O)O[C@H]1CC[C@]2(C)C3=CC[C@]4(C)[C@@H]([C@H](C)CC/C=C(\C)C(=O)O)C[C@H](OC(C)=O)[C@@]4(C)C3=CC[C@H]2C1(C)C. The zero-order valence-corrected chi connectivity index (χ0v) is 26.1. The van der Waals surface area contributed by atoms with E-state index in [2.05, 4.69) is 53.7 Å². The number of rotatable bonds is 7. The molecule has 1 N–H and O–H groups in total. The number of carboxylic acid groups (broad SMARTS) is 1. The van der Waals surface area contributed by atoms with E-state index < -0.39 is 5.97 Å². The molecule has 222 valence electrons. The Balaban J connectivity index is 1.71. The Kier molecular flexibility index (Phi) is 8.01. The molecule has 0 spiro atoms. The lowest BCUT2D eigenvalue weighted by Crippen LogP contribution is -2.56. The Morgan fingerprint density at radius 3 is 2.23 bits per heavy atom. The van der Waals surface area contributed by atoms with E-state index in [1.807, 2.05) is 6.08 Å². The van der Waals surface area contributed by atoms with Crippen LogP contribution in [0.1, 0.15) is 107 Å². The minimum Gasteiger partial charge on any atom is -0.478 e. The van der Waals surface area contributed by atoms with Crippen LogP contribution in [0.5, 0.6) is 0 Å². The Hall–Kier alpha value is -2.37. The summed E-state index contributed by atoms with van der Waals surface area (Å²) in [7, 11) is 0. The number of carbonyl (C=O) groups is 3. The molecule has 40 heavy (non-hydrogen) atoms. The molecule has 0 bridgehead atoms. The highest BCUT2D eigenvalue weighted by Gasteiger charge is 2.67. The largest absolute Gasteiger partial charge is 0.478 e. The van der Waals surface area contributed by atoms with Gasteiger partial charge >= 0.3 is 17.9 Å². The molecule has 2 saturated carbocycles. The van der Waals surface area contributed by atoms with E-state index in [0.29, 0.717) is 23.3 Å². The first kappa shape index (κ1) is 30.6. The van der Waals surface area contributed by atoms with Gasteiger partial charge in [0.2, 0.25) is 0 Å². The summed E-state index contributed by atoms with van der Waals surface area (Å²) in [4.78, 5) is 35.6. The molecule has 4 rings (SSSR count). The van der Waals surface area contributed by atoms with Crippen molar-refractivity contribution >= 4 is 17.9 Å². The Bertz CT molecular complexity index is 1160. The highest BCUT2D eigenvalue weighted by molar-refractivity contribution is 5.85. The van der Waals surface area contributed by atoms with Gasteiger partial charge in [0.25, 0.3) is 0 Å². The quantitative estimate of drug-likeness (QED) is 0.260. The summed E-state index contributed by atoms with van der Waals surface area (Å²) < 4.78 is 12.0. The standard InChI is InChI=1S/C34H50O6/c1-20(11-10-12-21(2)30(37)38)26-19-29(40-23(4)36)34(9)25-13-14-27-31(5,6)28(39-22(3)35)16-17-32(27,7)24(25)15-18-33(26,34)8/h12-13,15,20,26-29H,10-11,14,16-19H2,1-9H3,(H,37,38)/b21-12+/t20-,26-,27+,28+,29+,32-,33-,34-/m1/s1. The highest BCUT2D eigenvalue weighted by Crippen LogP contribution is 2.72. The maximum atomic E-state index is 12.4. The molecule has 6 nitrogen and oxygen atoms in total. The molecule has 4 aliphatic carbocycles. The second kappa shape index (κ2) is 10.5. The number of hydrogen-bond acceptors (Lipinski definition) is 5. The number of allylic oxidation sites excluding steroid dienone is 4. The van der Waals surface area contributed by atoms with Crippen molar-refractivity contribution < 1.29 is 29.0 Å². The Morgan fingerprint density at radius 1 is 1.00 bits per heavy atom. The van der Waals surface area contributed by atoms with Crippen molar-refractivity contribution in [3.8, 4) is 0 Å². The maximum absolute atomic E-state index is 12.4. The number of ether oxygens (including phenoxy) is 2. The molecular weight excluding hydrogens is 504 g/mol.